The van der Waals surface area contributed by atoms with Crippen LogP contribution in [-0.2, 0) is 6.54 Å². The van der Waals surface area contributed by atoms with Gasteiger partial charge in [-0.1, -0.05) is 0 Å². The van der Waals surface area contributed by atoms with E-state index in [9.17, 15) is 0 Å². The topological polar surface area (TPSA) is 48.4 Å². The minimum Gasteiger partial charge on any atom is -0.354 e. The molecule has 0 bridgehead atoms. The van der Waals surface area contributed by atoms with Crippen molar-refractivity contribution in [2.24, 2.45) is 0 Å². The number of piperazine rings is 1. The molecule has 6 nitrogen and oxygen atoms in total. The minimum atomic E-state index is 0.910. The zero-order valence-corrected chi connectivity index (χ0v) is 15.9. The van der Waals surface area contributed by atoms with Gasteiger partial charge in [0.25, 0.3) is 0 Å². The minimum absolute atomic E-state index is 0.910. The molecule has 0 aromatic carbocycles. The van der Waals surface area contributed by atoms with Gasteiger partial charge in [-0.15, -0.1) is 11.3 Å². The van der Waals surface area contributed by atoms with Crippen LogP contribution in [0.1, 0.15) is 29.2 Å². The Morgan fingerprint density at radius 3 is 2.36 bits per heavy atom. The van der Waals surface area contributed by atoms with Gasteiger partial charge < -0.3 is 9.80 Å². The predicted molar refractivity (Wildman–Crippen MR) is 103 cm³/mol. The van der Waals surface area contributed by atoms with Crippen molar-refractivity contribution in [3.8, 4) is 0 Å². The molecule has 0 spiro atoms. The van der Waals surface area contributed by atoms with E-state index >= 15 is 0 Å². The smallest absolute Gasteiger partial charge is 0.227 e. The Bertz CT molecular complexity index is 716. The van der Waals surface area contributed by atoms with Crippen LogP contribution in [0.4, 0.5) is 11.8 Å². The molecule has 7 heteroatoms. The largest absolute Gasteiger partial charge is 0.354 e. The molecule has 2 aliphatic rings. The summed E-state index contributed by atoms with van der Waals surface area (Å²) < 4.78 is 0. The van der Waals surface area contributed by atoms with Crippen LogP contribution >= 0.6 is 11.3 Å². The Labute approximate surface area is 153 Å². The summed E-state index contributed by atoms with van der Waals surface area (Å²) in [7, 11) is 0. The molecular weight excluding hydrogens is 332 g/mol. The molecule has 2 aromatic rings. The quantitative estimate of drug-likeness (QED) is 0.837. The van der Waals surface area contributed by atoms with E-state index in [2.05, 4.69) is 50.0 Å². The molecule has 0 amide bonds. The monoisotopic (exact) mass is 358 g/mol. The van der Waals surface area contributed by atoms with Crippen LogP contribution in [0.25, 0.3) is 0 Å². The highest BCUT2D eigenvalue weighted by Gasteiger charge is 2.21. The Morgan fingerprint density at radius 2 is 1.68 bits per heavy atom. The lowest BCUT2D eigenvalue weighted by molar-refractivity contribution is 0.247. The lowest BCUT2D eigenvalue weighted by Crippen LogP contribution is -2.46. The summed E-state index contributed by atoms with van der Waals surface area (Å²) >= 11 is 1.74. The molecule has 2 aromatic heterocycles. The third-order valence-electron chi connectivity index (χ3n) is 4.97. The maximum Gasteiger partial charge on any atom is 0.227 e. The van der Waals surface area contributed by atoms with E-state index in [1.807, 2.05) is 0 Å². The van der Waals surface area contributed by atoms with Crippen LogP contribution in [0.2, 0.25) is 0 Å². The summed E-state index contributed by atoms with van der Waals surface area (Å²) in [6.45, 7) is 11.4. The molecule has 25 heavy (non-hydrogen) atoms. The molecular formula is C18H26N6S. The van der Waals surface area contributed by atoms with E-state index in [4.69, 9.17) is 4.98 Å². The first-order valence-electron chi connectivity index (χ1n) is 9.16. The maximum absolute atomic E-state index is 4.86. The van der Waals surface area contributed by atoms with Crippen molar-refractivity contribution >= 4 is 23.1 Å². The third-order valence-corrected chi connectivity index (χ3v) is 5.79. The van der Waals surface area contributed by atoms with Crippen LogP contribution in [0.5, 0.6) is 0 Å². The van der Waals surface area contributed by atoms with Gasteiger partial charge in [0.05, 0.1) is 10.7 Å². The number of rotatable bonds is 4. The Kier molecular flexibility index (Phi) is 4.85. The van der Waals surface area contributed by atoms with Crippen molar-refractivity contribution in [1.82, 2.24) is 19.9 Å². The standard InChI is InChI=1S/C18H26N6S/c1-14-11-17(21-18(19-14)24-5-3-4-6-24)23-9-7-22(8-10-23)12-16-13-25-15(2)20-16/h11,13H,3-10,12H2,1-2H3. The van der Waals surface area contributed by atoms with Gasteiger partial charge >= 0.3 is 0 Å². The van der Waals surface area contributed by atoms with E-state index in [1.54, 1.807) is 11.3 Å². The van der Waals surface area contributed by atoms with Gasteiger partial charge in [0, 0.05) is 63.0 Å². The predicted octanol–water partition coefficient (Wildman–Crippen LogP) is 2.47. The van der Waals surface area contributed by atoms with Crippen molar-refractivity contribution in [1.29, 1.82) is 0 Å². The molecule has 4 heterocycles. The highest BCUT2D eigenvalue weighted by molar-refractivity contribution is 7.09. The molecule has 2 fully saturated rings. The van der Waals surface area contributed by atoms with Crippen molar-refractivity contribution in [2.75, 3.05) is 49.1 Å². The zero-order chi connectivity index (χ0) is 17.2. The number of hydrogen-bond acceptors (Lipinski definition) is 7. The second kappa shape index (κ2) is 7.25. The molecule has 0 N–H and O–H groups in total. The van der Waals surface area contributed by atoms with Gasteiger partial charge in [0.1, 0.15) is 5.82 Å². The van der Waals surface area contributed by atoms with Crippen LogP contribution < -0.4 is 9.80 Å². The van der Waals surface area contributed by atoms with Crippen LogP contribution in [0.15, 0.2) is 11.4 Å². The second-order valence-electron chi connectivity index (χ2n) is 6.98. The van der Waals surface area contributed by atoms with Crippen molar-refractivity contribution in [3.05, 3.63) is 27.8 Å². The fraction of sp³-hybridized carbons (Fsp3) is 0.611. The van der Waals surface area contributed by atoms with E-state index in [1.165, 1.54) is 18.5 Å². The van der Waals surface area contributed by atoms with Gasteiger partial charge in [0.2, 0.25) is 5.95 Å². The first kappa shape index (κ1) is 16.7. The lowest BCUT2D eigenvalue weighted by atomic mass is 10.3. The van der Waals surface area contributed by atoms with E-state index in [0.717, 1.165) is 68.3 Å². The highest BCUT2D eigenvalue weighted by atomic mass is 32.1. The number of aryl methyl sites for hydroxylation is 2. The van der Waals surface area contributed by atoms with Crippen LogP contribution in [0.3, 0.4) is 0 Å². The zero-order valence-electron chi connectivity index (χ0n) is 15.1. The Morgan fingerprint density at radius 1 is 0.920 bits per heavy atom. The van der Waals surface area contributed by atoms with E-state index < -0.39 is 0 Å². The van der Waals surface area contributed by atoms with Crippen molar-refractivity contribution in [3.63, 3.8) is 0 Å². The molecule has 2 saturated heterocycles. The molecule has 134 valence electrons. The van der Waals surface area contributed by atoms with Gasteiger partial charge in [-0.25, -0.2) is 9.97 Å². The van der Waals surface area contributed by atoms with Gasteiger partial charge in [-0.2, -0.15) is 4.98 Å². The van der Waals surface area contributed by atoms with E-state index in [-0.39, 0.29) is 0 Å². The van der Waals surface area contributed by atoms with E-state index in [0.29, 0.717) is 0 Å². The number of aromatic nitrogens is 3. The summed E-state index contributed by atoms with van der Waals surface area (Å²) in [5, 5.41) is 3.33. The first-order valence-corrected chi connectivity index (χ1v) is 10.0. The number of anilines is 2. The van der Waals surface area contributed by atoms with Crippen LogP contribution in [0, 0.1) is 13.8 Å². The SMILES string of the molecule is Cc1cc(N2CCN(Cc3csc(C)n3)CC2)nc(N2CCCC2)n1. The number of hydrogen-bond donors (Lipinski definition) is 0. The Balaban J connectivity index is 1.40. The highest BCUT2D eigenvalue weighted by Crippen LogP contribution is 2.22. The number of thiazole rings is 1. The molecule has 0 saturated carbocycles. The van der Waals surface area contributed by atoms with Crippen molar-refractivity contribution in [2.45, 2.75) is 33.2 Å². The van der Waals surface area contributed by atoms with Gasteiger partial charge in [0.15, 0.2) is 0 Å². The van der Waals surface area contributed by atoms with Gasteiger partial charge in [-0.3, -0.25) is 4.90 Å². The Hall–Kier alpha value is -1.73. The summed E-state index contributed by atoms with van der Waals surface area (Å²) in [6.07, 6.45) is 2.50. The summed E-state index contributed by atoms with van der Waals surface area (Å²) in [5.41, 5.74) is 2.26. The molecule has 0 atom stereocenters. The molecule has 4 rings (SSSR count). The fourth-order valence-corrected chi connectivity index (χ4v) is 4.21. The van der Waals surface area contributed by atoms with Crippen LogP contribution in [-0.4, -0.2) is 59.1 Å². The maximum atomic E-state index is 4.86. The van der Waals surface area contributed by atoms with Gasteiger partial charge in [-0.05, 0) is 26.7 Å². The molecule has 0 unspecified atom stereocenters. The summed E-state index contributed by atoms with van der Waals surface area (Å²) in [4.78, 5) is 21.3. The summed E-state index contributed by atoms with van der Waals surface area (Å²) in [5.74, 6) is 1.99. The van der Waals surface area contributed by atoms with Crippen molar-refractivity contribution < 1.29 is 0 Å². The normalized spacial score (nSPS) is 19.0. The molecule has 0 aliphatic carbocycles. The number of nitrogens with zero attached hydrogens (tertiary/aromatic N) is 6. The second-order valence-corrected chi connectivity index (χ2v) is 8.04. The average Bonchev–Trinajstić information content (AvgIpc) is 3.27. The third kappa shape index (κ3) is 3.93. The lowest BCUT2D eigenvalue weighted by Gasteiger charge is -2.35. The molecule has 2 aliphatic heterocycles. The summed E-state index contributed by atoms with van der Waals surface area (Å²) in [6, 6.07) is 2.12. The average molecular weight is 359 g/mol. The fourth-order valence-electron chi connectivity index (χ4n) is 3.60. The first-order chi connectivity index (χ1) is 12.2. The molecule has 0 radical (unpaired) electrons.